The number of rotatable bonds is 4. The molecule has 2 aliphatic carbocycles. The fourth-order valence-corrected chi connectivity index (χ4v) is 7.94. The van der Waals surface area contributed by atoms with Gasteiger partial charge in [0.25, 0.3) is 0 Å². The molecule has 2 bridgehead atoms. The third kappa shape index (κ3) is 3.58. The molecule has 0 radical (unpaired) electrons. The second-order valence-electron chi connectivity index (χ2n) is 11.0. The van der Waals surface area contributed by atoms with Crippen molar-refractivity contribution < 1.29 is 19.1 Å². The lowest BCUT2D eigenvalue weighted by molar-refractivity contribution is -0.213. The van der Waals surface area contributed by atoms with Crippen LogP contribution in [0.5, 0.6) is 0 Å². The van der Waals surface area contributed by atoms with E-state index in [1.54, 1.807) is 0 Å². The van der Waals surface area contributed by atoms with Crippen LogP contribution in [0.15, 0.2) is 0 Å². The molecule has 0 aromatic rings. The summed E-state index contributed by atoms with van der Waals surface area (Å²) in [7, 11) is 1.46. The lowest BCUT2D eigenvalue weighted by Gasteiger charge is -2.57. The summed E-state index contributed by atoms with van der Waals surface area (Å²) < 4.78 is 11.6. The Balaban J connectivity index is 1.59. The third-order valence-corrected chi connectivity index (χ3v) is 9.39. The molecule has 2 saturated heterocycles. The van der Waals surface area contributed by atoms with Crippen molar-refractivity contribution in [3.05, 3.63) is 0 Å². The van der Waals surface area contributed by atoms with E-state index in [4.69, 9.17) is 9.47 Å². The normalized spacial score (nSPS) is 45.5. The van der Waals surface area contributed by atoms with Gasteiger partial charge in [-0.3, -0.25) is 9.59 Å². The first kappa shape index (κ1) is 21.3. The van der Waals surface area contributed by atoms with Crippen LogP contribution in [-0.4, -0.2) is 30.6 Å². The van der Waals surface area contributed by atoms with Crippen LogP contribution in [0.1, 0.15) is 91.4 Å². The van der Waals surface area contributed by atoms with Crippen LogP contribution < -0.4 is 0 Å². The Bertz CT molecular complexity index is 645. The summed E-state index contributed by atoms with van der Waals surface area (Å²) in [6.45, 7) is 7.03. The molecule has 0 aromatic carbocycles. The fraction of sp³-hybridized carbons (Fsp3) is 0.920. The van der Waals surface area contributed by atoms with Gasteiger partial charge in [0.05, 0.1) is 13.2 Å². The van der Waals surface area contributed by atoms with Crippen molar-refractivity contribution in [2.75, 3.05) is 7.11 Å². The zero-order valence-corrected chi connectivity index (χ0v) is 18.9. The van der Waals surface area contributed by atoms with Crippen molar-refractivity contribution >= 4 is 11.8 Å². The molecule has 8 atom stereocenters. The Morgan fingerprint density at radius 1 is 1.21 bits per heavy atom. The van der Waals surface area contributed by atoms with Crippen LogP contribution in [0, 0.1) is 35.0 Å². The van der Waals surface area contributed by atoms with E-state index in [2.05, 4.69) is 20.8 Å². The largest absolute Gasteiger partial charge is 0.469 e. The first-order valence-electron chi connectivity index (χ1n) is 12.1. The fourth-order valence-electron chi connectivity index (χ4n) is 7.94. The molecule has 4 fully saturated rings. The number of carbonyl (C=O) groups excluding carboxylic acids is 2. The lowest BCUT2D eigenvalue weighted by atomic mass is 9.52. The summed E-state index contributed by atoms with van der Waals surface area (Å²) >= 11 is 0. The van der Waals surface area contributed by atoms with E-state index >= 15 is 0 Å². The maximum atomic E-state index is 13.7. The Hall–Kier alpha value is -0.900. The average Bonchev–Trinajstić information content (AvgIpc) is 3.02. The van der Waals surface area contributed by atoms with Gasteiger partial charge in [-0.05, 0) is 86.4 Å². The first-order chi connectivity index (χ1) is 13.8. The van der Waals surface area contributed by atoms with Gasteiger partial charge in [0, 0.05) is 12.8 Å². The summed E-state index contributed by atoms with van der Waals surface area (Å²) in [5.41, 5.74) is -0.432. The predicted octanol–water partition coefficient (Wildman–Crippen LogP) is 5.33. The molecule has 0 N–H and O–H groups in total. The van der Waals surface area contributed by atoms with Crippen LogP contribution in [-0.2, 0) is 19.1 Å². The monoisotopic (exact) mass is 404 g/mol. The molecule has 2 heterocycles. The number of carbonyl (C=O) groups is 2. The number of hydrogen-bond acceptors (Lipinski definition) is 4. The van der Waals surface area contributed by atoms with Crippen LogP contribution in [0.25, 0.3) is 0 Å². The second-order valence-corrected chi connectivity index (χ2v) is 11.0. The van der Waals surface area contributed by atoms with E-state index in [9.17, 15) is 9.59 Å². The third-order valence-electron chi connectivity index (χ3n) is 9.39. The van der Waals surface area contributed by atoms with Gasteiger partial charge in [0.1, 0.15) is 5.60 Å². The molecule has 4 heteroatoms. The van der Waals surface area contributed by atoms with Gasteiger partial charge >= 0.3 is 5.97 Å². The van der Waals surface area contributed by atoms with Crippen molar-refractivity contribution in [3.63, 3.8) is 0 Å². The van der Waals surface area contributed by atoms with Crippen LogP contribution >= 0.6 is 0 Å². The van der Waals surface area contributed by atoms with E-state index in [1.807, 2.05) is 0 Å². The molecule has 4 aliphatic rings. The Morgan fingerprint density at radius 2 is 1.97 bits per heavy atom. The van der Waals surface area contributed by atoms with Crippen LogP contribution in [0.3, 0.4) is 0 Å². The van der Waals surface area contributed by atoms with E-state index in [0.29, 0.717) is 48.2 Å². The van der Waals surface area contributed by atoms with Gasteiger partial charge in [0.2, 0.25) is 0 Å². The molecule has 164 valence electrons. The van der Waals surface area contributed by atoms with Gasteiger partial charge < -0.3 is 9.47 Å². The van der Waals surface area contributed by atoms with Gasteiger partial charge in [-0.1, -0.05) is 27.2 Å². The molecule has 29 heavy (non-hydrogen) atoms. The highest BCUT2D eigenvalue weighted by Crippen LogP contribution is 2.64. The topological polar surface area (TPSA) is 52.6 Å². The second kappa shape index (κ2) is 7.98. The maximum absolute atomic E-state index is 13.7. The van der Waals surface area contributed by atoms with Gasteiger partial charge in [-0.2, -0.15) is 0 Å². The molecule has 4 nitrogen and oxygen atoms in total. The zero-order valence-electron chi connectivity index (χ0n) is 18.9. The molecular formula is C25H40O4. The molecule has 0 unspecified atom stereocenters. The number of methoxy groups -OCH3 is 1. The highest BCUT2D eigenvalue weighted by Gasteiger charge is 2.64. The highest BCUT2D eigenvalue weighted by molar-refractivity contribution is 5.89. The van der Waals surface area contributed by atoms with Crippen LogP contribution in [0.2, 0.25) is 0 Å². The van der Waals surface area contributed by atoms with Crippen molar-refractivity contribution in [1.29, 1.82) is 0 Å². The summed E-state index contributed by atoms with van der Waals surface area (Å²) in [5.74, 6) is 2.89. The smallest absolute Gasteiger partial charge is 0.305 e. The SMILES string of the molecule is COC(=O)CC[C@@H](C)[C@H]1CC[C@H]2[C@H]3CC[C@@H](C)C[C@H]4CCC[C@@]3(O4)C(=O)C[C@@]12C. The van der Waals surface area contributed by atoms with Crippen molar-refractivity contribution in [2.24, 2.45) is 35.0 Å². The molecule has 2 saturated carbocycles. The van der Waals surface area contributed by atoms with Gasteiger partial charge in [-0.15, -0.1) is 0 Å². The molecule has 0 aromatic heterocycles. The lowest BCUT2D eigenvalue weighted by Crippen LogP contribution is -2.62. The van der Waals surface area contributed by atoms with Gasteiger partial charge in [0.15, 0.2) is 5.78 Å². The number of fused-ring (bicyclic) bond motifs is 3. The molecule has 4 rings (SSSR count). The van der Waals surface area contributed by atoms with Crippen molar-refractivity contribution in [3.8, 4) is 0 Å². The van der Waals surface area contributed by atoms with E-state index in [1.165, 1.54) is 26.4 Å². The minimum atomic E-state index is -0.489. The maximum Gasteiger partial charge on any atom is 0.305 e. The standard InChI is InChI=1S/C25H40O4/c1-16-7-9-21-20-11-10-19(17(2)8-12-23(27)28-4)24(20,3)15-22(26)25(21)13-5-6-18(14-16)29-25/h16-21H,5-15H2,1-4H3/t16-,17-,18-,19-,20+,21-,24+,25+/m1/s1. The Morgan fingerprint density at radius 3 is 2.72 bits per heavy atom. The summed E-state index contributed by atoms with van der Waals surface area (Å²) in [4.78, 5) is 25.4. The minimum absolute atomic E-state index is 0.0568. The number of esters is 1. The molecule has 0 amide bonds. The number of Topliss-reactive ketones (excluding diaryl/α,β-unsaturated/α-hetero) is 1. The number of ether oxygens (including phenoxy) is 2. The van der Waals surface area contributed by atoms with Gasteiger partial charge in [-0.25, -0.2) is 0 Å². The Labute approximate surface area is 176 Å². The summed E-state index contributed by atoms with van der Waals surface area (Å²) in [5, 5.41) is 0. The highest BCUT2D eigenvalue weighted by atomic mass is 16.5. The van der Waals surface area contributed by atoms with Crippen molar-refractivity contribution in [1.82, 2.24) is 0 Å². The summed E-state index contributed by atoms with van der Waals surface area (Å²) in [6.07, 6.45) is 11.4. The van der Waals surface area contributed by atoms with Crippen molar-refractivity contribution in [2.45, 2.75) is 103 Å². The summed E-state index contributed by atoms with van der Waals surface area (Å²) in [6, 6.07) is 0. The van der Waals surface area contributed by atoms with E-state index in [-0.39, 0.29) is 17.5 Å². The van der Waals surface area contributed by atoms with E-state index in [0.717, 1.165) is 38.5 Å². The first-order valence-corrected chi connectivity index (χ1v) is 12.1. The molecule has 1 spiro atoms. The number of hydrogen-bond donors (Lipinski definition) is 0. The Kier molecular flexibility index (Phi) is 5.87. The van der Waals surface area contributed by atoms with E-state index < -0.39 is 5.60 Å². The molecular weight excluding hydrogens is 364 g/mol. The van der Waals surface area contributed by atoms with Crippen LogP contribution in [0.4, 0.5) is 0 Å². The average molecular weight is 405 g/mol. The zero-order chi connectivity index (χ0) is 20.8. The quantitative estimate of drug-likeness (QED) is 0.595. The number of ketones is 1. The predicted molar refractivity (Wildman–Crippen MR) is 112 cm³/mol. The minimum Gasteiger partial charge on any atom is -0.469 e. The molecule has 2 aliphatic heterocycles.